The zero-order chi connectivity index (χ0) is 14.7. The van der Waals surface area contributed by atoms with Crippen LogP contribution >= 0.6 is 0 Å². The van der Waals surface area contributed by atoms with Crippen molar-refractivity contribution in [3.05, 3.63) is 29.8 Å². The maximum atomic E-state index is 12.7. The van der Waals surface area contributed by atoms with Crippen molar-refractivity contribution in [1.29, 1.82) is 0 Å². The number of anilines is 1. The molecule has 2 rings (SSSR count). The van der Waals surface area contributed by atoms with E-state index in [4.69, 9.17) is 0 Å². The smallest absolute Gasteiger partial charge is 0.256 e. The van der Waals surface area contributed by atoms with E-state index in [0.717, 1.165) is 37.3 Å². The van der Waals surface area contributed by atoms with Gasteiger partial charge in [-0.3, -0.25) is 4.79 Å². The van der Waals surface area contributed by atoms with Crippen LogP contribution in [0.5, 0.6) is 0 Å². The third-order valence-electron chi connectivity index (χ3n) is 3.94. The molecule has 0 bridgehead atoms. The Balaban J connectivity index is 2.28. The molecular formula is C17H26N2O. The molecule has 0 saturated carbocycles. The Hall–Kier alpha value is -1.51. The molecule has 0 atom stereocenters. The summed E-state index contributed by atoms with van der Waals surface area (Å²) in [5.74, 6) is 0.812. The van der Waals surface area contributed by atoms with Crippen molar-refractivity contribution >= 4 is 11.6 Å². The molecule has 0 aliphatic carbocycles. The Labute approximate surface area is 122 Å². The molecule has 20 heavy (non-hydrogen) atoms. The molecule has 3 heteroatoms. The Morgan fingerprint density at radius 2 is 1.80 bits per heavy atom. The van der Waals surface area contributed by atoms with E-state index in [2.05, 4.69) is 38.7 Å². The number of amides is 1. The standard InChI is InChI=1S/C17H26N2O/c1-13(2)9-10-18-11-12-19(14(3)4)16-8-6-5-7-15(16)17(18)20/h5-8,13-14H,9-12H2,1-4H3. The minimum atomic E-state index is 0.185. The lowest BCUT2D eigenvalue weighted by Gasteiger charge is -2.28. The topological polar surface area (TPSA) is 23.6 Å². The largest absolute Gasteiger partial charge is 0.367 e. The first-order valence-electron chi connectivity index (χ1n) is 7.65. The number of fused-ring (bicyclic) bond motifs is 1. The molecule has 0 saturated heterocycles. The lowest BCUT2D eigenvalue weighted by Crippen LogP contribution is -2.38. The first-order valence-corrected chi connectivity index (χ1v) is 7.65. The lowest BCUT2D eigenvalue weighted by atomic mass is 10.1. The SMILES string of the molecule is CC(C)CCN1CCN(C(C)C)c2ccccc2C1=O. The molecule has 1 aromatic carbocycles. The molecular weight excluding hydrogens is 248 g/mol. The summed E-state index contributed by atoms with van der Waals surface area (Å²) in [6, 6.07) is 8.42. The van der Waals surface area contributed by atoms with E-state index in [-0.39, 0.29) is 5.91 Å². The Morgan fingerprint density at radius 1 is 1.10 bits per heavy atom. The molecule has 0 N–H and O–H groups in total. The first kappa shape index (κ1) is 14.9. The number of hydrogen-bond acceptors (Lipinski definition) is 2. The van der Waals surface area contributed by atoms with Gasteiger partial charge in [0.25, 0.3) is 5.91 Å². The van der Waals surface area contributed by atoms with Crippen LogP contribution < -0.4 is 4.90 Å². The van der Waals surface area contributed by atoms with Crippen molar-refractivity contribution in [2.24, 2.45) is 5.92 Å². The molecule has 0 unspecified atom stereocenters. The van der Waals surface area contributed by atoms with Crippen LogP contribution in [0.15, 0.2) is 24.3 Å². The summed E-state index contributed by atoms with van der Waals surface area (Å²) in [6.07, 6.45) is 1.07. The monoisotopic (exact) mass is 274 g/mol. The normalized spacial score (nSPS) is 15.8. The highest BCUT2D eigenvalue weighted by Crippen LogP contribution is 2.26. The van der Waals surface area contributed by atoms with Gasteiger partial charge in [-0.2, -0.15) is 0 Å². The van der Waals surface area contributed by atoms with Crippen LogP contribution in [-0.4, -0.2) is 36.5 Å². The van der Waals surface area contributed by atoms with Crippen LogP contribution in [0, 0.1) is 5.92 Å². The fraction of sp³-hybridized carbons (Fsp3) is 0.588. The number of rotatable bonds is 4. The molecule has 0 spiro atoms. The van der Waals surface area contributed by atoms with Crippen molar-refractivity contribution in [2.75, 3.05) is 24.5 Å². The molecule has 110 valence electrons. The molecule has 1 heterocycles. The number of benzene rings is 1. The van der Waals surface area contributed by atoms with Gasteiger partial charge in [0.05, 0.1) is 5.56 Å². The van der Waals surface area contributed by atoms with Crippen molar-refractivity contribution in [3.8, 4) is 0 Å². The van der Waals surface area contributed by atoms with Gasteiger partial charge in [-0.25, -0.2) is 0 Å². The van der Waals surface area contributed by atoms with Crippen molar-refractivity contribution in [3.63, 3.8) is 0 Å². The molecule has 1 aliphatic rings. The van der Waals surface area contributed by atoms with Crippen molar-refractivity contribution < 1.29 is 4.79 Å². The predicted octanol–water partition coefficient (Wildman–Crippen LogP) is 3.40. The highest BCUT2D eigenvalue weighted by atomic mass is 16.2. The van der Waals surface area contributed by atoms with Crippen LogP contribution in [0.3, 0.4) is 0 Å². The van der Waals surface area contributed by atoms with Crippen LogP contribution in [0.25, 0.3) is 0 Å². The second-order valence-corrected chi connectivity index (χ2v) is 6.28. The Bertz CT molecular complexity index is 468. The number of carbonyl (C=O) groups excluding carboxylic acids is 1. The van der Waals surface area contributed by atoms with E-state index in [1.165, 1.54) is 0 Å². The predicted molar refractivity (Wildman–Crippen MR) is 84.3 cm³/mol. The van der Waals surface area contributed by atoms with E-state index in [1.807, 2.05) is 23.1 Å². The third kappa shape index (κ3) is 3.14. The Kier molecular flexibility index (Phi) is 4.69. The fourth-order valence-electron chi connectivity index (χ4n) is 2.69. The van der Waals surface area contributed by atoms with Crippen LogP contribution in [0.2, 0.25) is 0 Å². The average Bonchev–Trinajstić information content (AvgIpc) is 2.54. The molecule has 1 aromatic rings. The summed E-state index contributed by atoms with van der Waals surface area (Å²) in [5.41, 5.74) is 1.93. The summed E-state index contributed by atoms with van der Waals surface area (Å²) >= 11 is 0. The highest BCUT2D eigenvalue weighted by Gasteiger charge is 2.26. The Morgan fingerprint density at radius 3 is 2.45 bits per heavy atom. The maximum absolute atomic E-state index is 12.7. The van der Waals surface area contributed by atoms with E-state index in [0.29, 0.717) is 12.0 Å². The van der Waals surface area contributed by atoms with Gasteiger partial charge in [0.15, 0.2) is 0 Å². The lowest BCUT2D eigenvalue weighted by molar-refractivity contribution is 0.0759. The molecule has 0 aromatic heterocycles. The van der Waals surface area contributed by atoms with E-state index in [9.17, 15) is 4.79 Å². The fourth-order valence-corrected chi connectivity index (χ4v) is 2.69. The number of nitrogens with zero attached hydrogens (tertiary/aromatic N) is 2. The van der Waals surface area contributed by atoms with Gasteiger partial charge in [-0.1, -0.05) is 26.0 Å². The first-order chi connectivity index (χ1) is 9.50. The minimum absolute atomic E-state index is 0.185. The van der Waals surface area contributed by atoms with E-state index >= 15 is 0 Å². The van der Waals surface area contributed by atoms with Gasteiger partial charge >= 0.3 is 0 Å². The molecule has 0 fully saturated rings. The van der Waals surface area contributed by atoms with Crippen molar-refractivity contribution in [1.82, 2.24) is 4.90 Å². The summed E-state index contributed by atoms with van der Waals surface area (Å²) < 4.78 is 0. The number of carbonyl (C=O) groups is 1. The van der Waals surface area contributed by atoms with E-state index in [1.54, 1.807) is 0 Å². The van der Waals surface area contributed by atoms with Gasteiger partial charge in [0.2, 0.25) is 0 Å². The molecule has 3 nitrogen and oxygen atoms in total. The maximum Gasteiger partial charge on any atom is 0.256 e. The zero-order valence-electron chi connectivity index (χ0n) is 13.1. The summed E-state index contributed by atoms with van der Waals surface area (Å²) in [4.78, 5) is 17.1. The van der Waals surface area contributed by atoms with Gasteiger partial charge in [0.1, 0.15) is 0 Å². The van der Waals surface area contributed by atoms with Crippen LogP contribution in [0.1, 0.15) is 44.5 Å². The van der Waals surface area contributed by atoms with Gasteiger partial charge in [-0.15, -0.1) is 0 Å². The van der Waals surface area contributed by atoms with E-state index < -0.39 is 0 Å². The second kappa shape index (κ2) is 6.29. The van der Waals surface area contributed by atoms with Crippen molar-refractivity contribution in [2.45, 2.75) is 40.2 Å². The third-order valence-corrected chi connectivity index (χ3v) is 3.94. The summed E-state index contributed by atoms with van der Waals surface area (Å²) in [7, 11) is 0. The van der Waals surface area contributed by atoms with Gasteiger partial charge in [-0.05, 0) is 38.3 Å². The number of para-hydroxylation sites is 1. The second-order valence-electron chi connectivity index (χ2n) is 6.28. The average molecular weight is 274 g/mol. The van der Waals surface area contributed by atoms with Crippen LogP contribution in [0.4, 0.5) is 5.69 Å². The van der Waals surface area contributed by atoms with Crippen LogP contribution in [-0.2, 0) is 0 Å². The highest BCUT2D eigenvalue weighted by molar-refractivity contribution is 6.00. The quantitative estimate of drug-likeness (QED) is 0.840. The van der Waals surface area contributed by atoms with Gasteiger partial charge in [0, 0.05) is 31.4 Å². The minimum Gasteiger partial charge on any atom is -0.367 e. The molecule has 0 radical (unpaired) electrons. The molecule has 1 amide bonds. The summed E-state index contributed by atoms with van der Waals surface area (Å²) in [6.45, 7) is 11.4. The zero-order valence-corrected chi connectivity index (χ0v) is 13.1. The summed E-state index contributed by atoms with van der Waals surface area (Å²) in [5, 5.41) is 0. The number of hydrogen-bond donors (Lipinski definition) is 0. The van der Waals surface area contributed by atoms with Gasteiger partial charge < -0.3 is 9.80 Å². The molecule has 1 aliphatic heterocycles.